The lowest BCUT2D eigenvalue weighted by molar-refractivity contribution is 0.311. The van der Waals surface area contributed by atoms with E-state index in [9.17, 15) is 4.79 Å². The van der Waals surface area contributed by atoms with E-state index in [1.54, 1.807) is 37.5 Å². The second-order valence-electron chi connectivity index (χ2n) is 5.41. The first-order valence-corrected chi connectivity index (χ1v) is 8.65. The molecule has 0 radical (unpaired) electrons. The Morgan fingerprint density at radius 3 is 2.77 bits per heavy atom. The van der Waals surface area contributed by atoms with Gasteiger partial charge < -0.3 is 14.5 Å². The summed E-state index contributed by atoms with van der Waals surface area (Å²) in [7, 11) is 1.58. The van der Waals surface area contributed by atoms with E-state index < -0.39 is 0 Å². The summed E-state index contributed by atoms with van der Waals surface area (Å²) in [6.07, 6.45) is 1.70. The van der Waals surface area contributed by atoms with Crippen LogP contribution in [-0.2, 0) is 0 Å². The third-order valence-corrected chi connectivity index (χ3v) is 4.20. The average Bonchev–Trinajstić information content (AvgIpc) is 2.62. The van der Waals surface area contributed by atoms with E-state index in [0.717, 1.165) is 5.56 Å². The highest BCUT2D eigenvalue weighted by atomic mass is 35.5. The third-order valence-electron chi connectivity index (χ3n) is 3.67. The van der Waals surface area contributed by atoms with Crippen LogP contribution in [0.4, 0.5) is 0 Å². The molecular weight excluding hydrogens is 375 g/mol. The molecule has 0 saturated heterocycles. The molecule has 0 bridgehead atoms. The van der Waals surface area contributed by atoms with E-state index in [4.69, 9.17) is 32.7 Å². The Kier molecular flexibility index (Phi) is 5.49. The maximum absolute atomic E-state index is 12.3. The van der Waals surface area contributed by atoms with Gasteiger partial charge in [-0.25, -0.2) is 4.98 Å². The number of nitrogens with one attached hydrogen (secondary N) is 1. The van der Waals surface area contributed by atoms with Gasteiger partial charge in [0.25, 0.3) is 5.56 Å². The molecule has 7 heteroatoms. The Bertz CT molecular complexity index is 1040. The molecule has 3 rings (SSSR count). The van der Waals surface area contributed by atoms with Gasteiger partial charge in [0.05, 0.1) is 29.7 Å². The molecule has 0 saturated carbocycles. The highest BCUT2D eigenvalue weighted by Gasteiger charge is 2.09. The lowest BCUT2D eigenvalue weighted by Gasteiger charge is -2.10. The maximum atomic E-state index is 12.3. The summed E-state index contributed by atoms with van der Waals surface area (Å²) in [5.41, 5.74) is 1.01. The molecule has 0 unspecified atom stereocenters. The molecule has 26 heavy (non-hydrogen) atoms. The van der Waals surface area contributed by atoms with Crippen LogP contribution in [0.5, 0.6) is 11.5 Å². The minimum Gasteiger partial charge on any atom is -0.493 e. The zero-order valence-electron chi connectivity index (χ0n) is 14.2. The van der Waals surface area contributed by atoms with Crippen LogP contribution in [0, 0.1) is 0 Å². The summed E-state index contributed by atoms with van der Waals surface area (Å²) in [5, 5.41) is 1.18. The summed E-state index contributed by atoms with van der Waals surface area (Å²) in [4.78, 5) is 19.3. The topological polar surface area (TPSA) is 64.2 Å². The highest BCUT2D eigenvalue weighted by Crippen LogP contribution is 2.30. The molecule has 0 amide bonds. The number of rotatable bonds is 5. The van der Waals surface area contributed by atoms with Crippen LogP contribution in [0.1, 0.15) is 18.3 Å². The lowest BCUT2D eigenvalue weighted by Crippen LogP contribution is -2.10. The van der Waals surface area contributed by atoms with Gasteiger partial charge in [-0.1, -0.05) is 29.3 Å². The summed E-state index contributed by atoms with van der Waals surface area (Å²) in [6.45, 7) is 2.41. The normalized spacial score (nSPS) is 11.6. The second kappa shape index (κ2) is 7.81. The summed E-state index contributed by atoms with van der Waals surface area (Å²) >= 11 is 12.3. The molecule has 0 fully saturated rings. The molecule has 1 N–H and O–H groups in total. The fraction of sp³-hybridized carbons (Fsp3) is 0.158. The lowest BCUT2D eigenvalue weighted by atomic mass is 10.2. The van der Waals surface area contributed by atoms with Gasteiger partial charge in [-0.05, 0) is 48.9 Å². The fourth-order valence-electron chi connectivity index (χ4n) is 2.49. The van der Waals surface area contributed by atoms with Crippen molar-refractivity contribution in [2.24, 2.45) is 0 Å². The SMILES string of the molecule is CCOc1cc(/C=C(\Cl)c2nc3ccc(Cl)cc3c(=O)[nH]2)ccc1OC. The monoisotopic (exact) mass is 390 g/mol. The van der Waals surface area contributed by atoms with Crippen molar-refractivity contribution in [3.05, 3.63) is 63.2 Å². The van der Waals surface area contributed by atoms with Crippen molar-refractivity contribution in [2.75, 3.05) is 13.7 Å². The first-order chi connectivity index (χ1) is 12.5. The van der Waals surface area contributed by atoms with E-state index in [-0.39, 0.29) is 11.4 Å². The molecular formula is C19H16Cl2N2O3. The number of methoxy groups -OCH3 is 1. The number of halogens is 2. The quantitative estimate of drug-likeness (QED) is 0.684. The van der Waals surface area contributed by atoms with Crippen molar-refractivity contribution in [1.29, 1.82) is 0 Å². The zero-order valence-corrected chi connectivity index (χ0v) is 15.7. The Labute approximate surface area is 160 Å². The van der Waals surface area contributed by atoms with E-state index in [0.29, 0.717) is 39.1 Å². The minimum atomic E-state index is -0.302. The molecule has 0 aliphatic carbocycles. The number of H-pyrrole nitrogens is 1. The van der Waals surface area contributed by atoms with Crippen molar-refractivity contribution >= 4 is 45.2 Å². The standard InChI is InChI=1S/C19H16Cl2N2O3/c1-3-26-17-9-11(4-7-16(17)25-2)8-14(21)18-22-15-6-5-12(20)10-13(15)19(24)23-18/h4-10H,3H2,1-2H3,(H,22,23,24)/b14-8-. The molecule has 3 aromatic rings. The van der Waals surface area contributed by atoms with Crippen molar-refractivity contribution in [2.45, 2.75) is 6.92 Å². The molecule has 134 valence electrons. The first kappa shape index (κ1) is 18.3. The minimum absolute atomic E-state index is 0.278. The molecule has 0 atom stereocenters. The van der Waals surface area contributed by atoms with E-state index in [2.05, 4.69) is 9.97 Å². The molecule has 0 aliphatic heterocycles. The van der Waals surface area contributed by atoms with Crippen LogP contribution >= 0.6 is 23.2 Å². The predicted molar refractivity (Wildman–Crippen MR) is 105 cm³/mol. The largest absolute Gasteiger partial charge is 0.493 e. The Morgan fingerprint density at radius 2 is 2.04 bits per heavy atom. The van der Waals surface area contributed by atoms with E-state index in [1.807, 2.05) is 19.1 Å². The van der Waals surface area contributed by atoms with Crippen molar-refractivity contribution in [1.82, 2.24) is 9.97 Å². The number of fused-ring (bicyclic) bond motifs is 1. The number of nitrogens with zero attached hydrogens (tertiary/aromatic N) is 1. The van der Waals surface area contributed by atoms with Gasteiger partial charge in [0.15, 0.2) is 17.3 Å². The second-order valence-corrected chi connectivity index (χ2v) is 6.26. The Hall–Kier alpha value is -2.50. The summed E-state index contributed by atoms with van der Waals surface area (Å²) in [6, 6.07) is 10.4. The number of hydrogen-bond donors (Lipinski definition) is 1. The Morgan fingerprint density at radius 1 is 1.23 bits per heavy atom. The molecule has 0 spiro atoms. The van der Waals surface area contributed by atoms with Crippen molar-refractivity contribution < 1.29 is 9.47 Å². The Balaban J connectivity index is 2.02. The number of aromatic amines is 1. The molecule has 2 aromatic carbocycles. The van der Waals surface area contributed by atoms with Crippen molar-refractivity contribution in [3.8, 4) is 11.5 Å². The van der Waals surface area contributed by atoms with Crippen LogP contribution in [-0.4, -0.2) is 23.7 Å². The molecule has 5 nitrogen and oxygen atoms in total. The van der Waals surface area contributed by atoms with Gasteiger partial charge >= 0.3 is 0 Å². The van der Waals surface area contributed by atoms with E-state index in [1.165, 1.54) is 0 Å². The van der Waals surface area contributed by atoms with E-state index >= 15 is 0 Å². The van der Waals surface area contributed by atoms with Crippen LogP contribution in [0.3, 0.4) is 0 Å². The molecule has 1 heterocycles. The number of hydrogen-bond acceptors (Lipinski definition) is 4. The van der Waals surface area contributed by atoms with Crippen LogP contribution in [0.2, 0.25) is 5.02 Å². The summed E-state index contributed by atoms with van der Waals surface area (Å²) < 4.78 is 10.8. The number of benzene rings is 2. The first-order valence-electron chi connectivity index (χ1n) is 7.89. The maximum Gasteiger partial charge on any atom is 0.259 e. The van der Waals surface area contributed by atoms with Crippen molar-refractivity contribution in [3.63, 3.8) is 0 Å². The van der Waals surface area contributed by atoms with Gasteiger partial charge in [-0.2, -0.15) is 0 Å². The van der Waals surface area contributed by atoms with Crippen LogP contribution in [0.15, 0.2) is 41.2 Å². The van der Waals surface area contributed by atoms with Gasteiger partial charge in [0.1, 0.15) is 0 Å². The number of ether oxygens (including phenoxy) is 2. The average molecular weight is 391 g/mol. The highest BCUT2D eigenvalue weighted by molar-refractivity contribution is 6.50. The summed E-state index contributed by atoms with van der Waals surface area (Å²) in [5.74, 6) is 1.53. The van der Waals surface area contributed by atoms with Gasteiger partial charge in [-0.3, -0.25) is 4.79 Å². The predicted octanol–water partition coefficient (Wildman–Crippen LogP) is 4.72. The smallest absolute Gasteiger partial charge is 0.259 e. The zero-order chi connectivity index (χ0) is 18.7. The molecule has 0 aliphatic rings. The van der Waals surface area contributed by atoms with Gasteiger partial charge in [0, 0.05) is 5.02 Å². The molecule has 1 aromatic heterocycles. The third kappa shape index (κ3) is 3.84. The number of aromatic nitrogens is 2. The van der Waals surface area contributed by atoms with Crippen LogP contribution < -0.4 is 15.0 Å². The van der Waals surface area contributed by atoms with Crippen LogP contribution in [0.25, 0.3) is 22.0 Å². The van der Waals surface area contributed by atoms with Gasteiger partial charge in [-0.15, -0.1) is 0 Å². The fourth-order valence-corrected chi connectivity index (χ4v) is 2.88. The van der Waals surface area contributed by atoms with Gasteiger partial charge in [0.2, 0.25) is 0 Å².